The summed E-state index contributed by atoms with van der Waals surface area (Å²) in [4.78, 5) is 0. The molecule has 1 atom stereocenters. The summed E-state index contributed by atoms with van der Waals surface area (Å²) in [6.45, 7) is 0.280. The number of methoxy groups -OCH3 is 1. The fourth-order valence-electron chi connectivity index (χ4n) is 2.42. The maximum absolute atomic E-state index is 9.36. The van der Waals surface area contributed by atoms with Gasteiger partial charge in [-0.2, -0.15) is 0 Å². The summed E-state index contributed by atoms with van der Waals surface area (Å²) in [5.41, 5.74) is 2.59. The van der Waals surface area contributed by atoms with Crippen molar-refractivity contribution in [2.24, 2.45) is 5.92 Å². The third-order valence-corrected chi connectivity index (χ3v) is 3.48. The van der Waals surface area contributed by atoms with E-state index in [4.69, 9.17) is 4.74 Å². The van der Waals surface area contributed by atoms with Gasteiger partial charge in [0, 0.05) is 12.5 Å². The molecule has 2 nitrogen and oxygen atoms in total. The standard InChI is InChI=1S/C15H20O2/c1-17-15-8-6-12(7-9-15)10-13-4-2-3-5-14(13)11-16/h6-10,14,16H,2-5,11H2,1H3/b13-10+. The molecule has 0 saturated heterocycles. The van der Waals surface area contributed by atoms with Crippen molar-refractivity contribution < 1.29 is 9.84 Å². The van der Waals surface area contributed by atoms with Gasteiger partial charge in [-0.05, 0) is 37.0 Å². The van der Waals surface area contributed by atoms with Gasteiger partial charge < -0.3 is 9.84 Å². The van der Waals surface area contributed by atoms with Gasteiger partial charge in [0.2, 0.25) is 0 Å². The summed E-state index contributed by atoms with van der Waals surface area (Å²) in [6, 6.07) is 8.08. The highest BCUT2D eigenvalue weighted by Crippen LogP contribution is 2.30. The highest BCUT2D eigenvalue weighted by Gasteiger charge is 2.17. The Morgan fingerprint density at radius 1 is 1.29 bits per heavy atom. The first-order valence-corrected chi connectivity index (χ1v) is 6.29. The molecular formula is C15H20O2. The van der Waals surface area contributed by atoms with Crippen molar-refractivity contribution in [3.63, 3.8) is 0 Å². The Labute approximate surface area is 103 Å². The monoisotopic (exact) mass is 232 g/mol. The molecule has 1 unspecified atom stereocenters. The highest BCUT2D eigenvalue weighted by molar-refractivity contribution is 5.54. The molecule has 1 aromatic carbocycles. The van der Waals surface area contributed by atoms with Crippen LogP contribution >= 0.6 is 0 Å². The lowest BCUT2D eigenvalue weighted by Crippen LogP contribution is -2.13. The topological polar surface area (TPSA) is 29.5 Å². The smallest absolute Gasteiger partial charge is 0.118 e. The Morgan fingerprint density at radius 2 is 2.06 bits per heavy atom. The van der Waals surface area contributed by atoms with E-state index in [1.54, 1.807) is 7.11 Å². The number of aliphatic hydroxyl groups excluding tert-OH is 1. The van der Waals surface area contributed by atoms with Gasteiger partial charge in [-0.15, -0.1) is 0 Å². The number of ether oxygens (including phenoxy) is 1. The first-order valence-electron chi connectivity index (χ1n) is 6.29. The van der Waals surface area contributed by atoms with Crippen molar-refractivity contribution in [3.05, 3.63) is 35.4 Å². The number of hydrogen-bond donors (Lipinski definition) is 1. The summed E-state index contributed by atoms with van der Waals surface area (Å²) >= 11 is 0. The Hall–Kier alpha value is -1.28. The molecule has 1 aliphatic rings. The van der Waals surface area contributed by atoms with Crippen molar-refractivity contribution >= 4 is 6.08 Å². The molecule has 92 valence electrons. The Balaban J connectivity index is 2.15. The molecule has 2 rings (SSSR count). The van der Waals surface area contributed by atoms with E-state index in [2.05, 4.69) is 18.2 Å². The van der Waals surface area contributed by atoms with Crippen LogP contribution in [-0.4, -0.2) is 18.8 Å². The molecule has 1 saturated carbocycles. The van der Waals surface area contributed by atoms with Crippen molar-refractivity contribution in [2.45, 2.75) is 25.7 Å². The molecule has 0 heterocycles. The van der Waals surface area contributed by atoms with Crippen LogP contribution in [-0.2, 0) is 0 Å². The molecule has 1 fully saturated rings. The lowest BCUT2D eigenvalue weighted by Gasteiger charge is -2.23. The van der Waals surface area contributed by atoms with Crippen LogP contribution in [0.4, 0.5) is 0 Å². The molecule has 0 bridgehead atoms. The summed E-state index contributed by atoms with van der Waals surface area (Å²) in [5.74, 6) is 1.25. The summed E-state index contributed by atoms with van der Waals surface area (Å²) in [7, 11) is 1.68. The predicted molar refractivity (Wildman–Crippen MR) is 70.0 cm³/mol. The molecule has 1 N–H and O–H groups in total. The first-order chi connectivity index (χ1) is 8.33. The Bertz CT molecular complexity index is 378. The van der Waals surface area contributed by atoms with Gasteiger partial charge in [0.05, 0.1) is 7.11 Å². The number of aliphatic hydroxyl groups is 1. The number of benzene rings is 1. The number of hydrogen-bond acceptors (Lipinski definition) is 2. The van der Waals surface area contributed by atoms with E-state index in [1.807, 2.05) is 12.1 Å². The van der Waals surface area contributed by atoms with E-state index in [9.17, 15) is 5.11 Å². The molecule has 0 aliphatic heterocycles. The van der Waals surface area contributed by atoms with Crippen molar-refractivity contribution in [1.29, 1.82) is 0 Å². The zero-order chi connectivity index (χ0) is 12.1. The Kier molecular flexibility index (Phi) is 4.21. The second kappa shape index (κ2) is 5.87. The normalized spacial score (nSPS) is 22.7. The molecule has 0 aromatic heterocycles. The minimum atomic E-state index is 0.280. The zero-order valence-corrected chi connectivity index (χ0v) is 10.4. The summed E-state index contributed by atoms with van der Waals surface area (Å²) in [6.07, 6.45) is 6.96. The van der Waals surface area contributed by atoms with Crippen LogP contribution in [0.15, 0.2) is 29.8 Å². The molecule has 17 heavy (non-hydrogen) atoms. The van der Waals surface area contributed by atoms with Crippen molar-refractivity contribution in [2.75, 3.05) is 13.7 Å². The molecule has 1 aromatic rings. The highest BCUT2D eigenvalue weighted by atomic mass is 16.5. The molecule has 1 aliphatic carbocycles. The van der Waals surface area contributed by atoms with Gasteiger partial charge in [0.25, 0.3) is 0 Å². The minimum Gasteiger partial charge on any atom is -0.497 e. The molecule has 0 amide bonds. The van der Waals surface area contributed by atoms with E-state index in [-0.39, 0.29) is 6.61 Å². The van der Waals surface area contributed by atoms with E-state index < -0.39 is 0 Å². The summed E-state index contributed by atoms with van der Waals surface area (Å²) in [5, 5.41) is 9.36. The van der Waals surface area contributed by atoms with Crippen LogP contribution in [0.2, 0.25) is 0 Å². The number of rotatable bonds is 3. The maximum Gasteiger partial charge on any atom is 0.118 e. The van der Waals surface area contributed by atoms with E-state index in [1.165, 1.54) is 24.0 Å². The fraction of sp³-hybridized carbons (Fsp3) is 0.467. The third kappa shape index (κ3) is 3.10. The van der Waals surface area contributed by atoms with Crippen LogP contribution in [0.1, 0.15) is 31.2 Å². The van der Waals surface area contributed by atoms with Gasteiger partial charge in [-0.3, -0.25) is 0 Å². The van der Waals surface area contributed by atoms with Gasteiger partial charge in [0.15, 0.2) is 0 Å². The average Bonchev–Trinajstić information content (AvgIpc) is 2.40. The first kappa shape index (κ1) is 12.2. The molecule has 2 heteroatoms. The SMILES string of the molecule is COc1ccc(/C=C2\CCCCC2CO)cc1. The molecule has 0 spiro atoms. The molecule has 0 radical (unpaired) electrons. The molecular weight excluding hydrogens is 212 g/mol. The second-order valence-electron chi connectivity index (χ2n) is 4.62. The fourth-order valence-corrected chi connectivity index (χ4v) is 2.42. The van der Waals surface area contributed by atoms with E-state index >= 15 is 0 Å². The van der Waals surface area contributed by atoms with Crippen molar-refractivity contribution in [3.8, 4) is 5.75 Å². The van der Waals surface area contributed by atoms with Crippen LogP contribution in [0, 0.1) is 5.92 Å². The lowest BCUT2D eigenvalue weighted by molar-refractivity contribution is 0.226. The summed E-state index contributed by atoms with van der Waals surface area (Å²) < 4.78 is 5.14. The predicted octanol–water partition coefficient (Wildman–Crippen LogP) is 3.26. The van der Waals surface area contributed by atoms with Gasteiger partial charge in [0.1, 0.15) is 5.75 Å². The van der Waals surface area contributed by atoms with Crippen LogP contribution in [0.25, 0.3) is 6.08 Å². The largest absolute Gasteiger partial charge is 0.497 e. The van der Waals surface area contributed by atoms with E-state index in [0.29, 0.717) is 5.92 Å². The van der Waals surface area contributed by atoms with Gasteiger partial charge in [-0.25, -0.2) is 0 Å². The minimum absolute atomic E-state index is 0.280. The zero-order valence-electron chi connectivity index (χ0n) is 10.4. The van der Waals surface area contributed by atoms with Gasteiger partial charge >= 0.3 is 0 Å². The quantitative estimate of drug-likeness (QED) is 0.866. The second-order valence-corrected chi connectivity index (χ2v) is 4.62. The van der Waals surface area contributed by atoms with Crippen LogP contribution < -0.4 is 4.74 Å². The lowest BCUT2D eigenvalue weighted by atomic mass is 9.84. The van der Waals surface area contributed by atoms with E-state index in [0.717, 1.165) is 18.6 Å². The maximum atomic E-state index is 9.36. The van der Waals surface area contributed by atoms with Crippen LogP contribution in [0.5, 0.6) is 5.75 Å². The van der Waals surface area contributed by atoms with Crippen molar-refractivity contribution in [1.82, 2.24) is 0 Å². The van der Waals surface area contributed by atoms with Crippen LogP contribution in [0.3, 0.4) is 0 Å². The Morgan fingerprint density at radius 3 is 2.71 bits per heavy atom. The average molecular weight is 232 g/mol. The third-order valence-electron chi connectivity index (χ3n) is 3.48. The van der Waals surface area contributed by atoms with Gasteiger partial charge in [-0.1, -0.05) is 30.2 Å².